The van der Waals surface area contributed by atoms with Crippen molar-refractivity contribution in [3.63, 3.8) is 0 Å². The fourth-order valence-corrected chi connectivity index (χ4v) is 3.70. The highest BCUT2D eigenvalue weighted by molar-refractivity contribution is 5.92. The molecule has 2 aliphatic heterocycles. The van der Waals surface area contributed by atoms with E-state index in [1.165, 1.54) is 11.8 Å². The van der Waals surface area contributed by atoms with Crippen LogP contribution < -0.4 is 0 Å². The van der Waals surface area contributed by atoms with Crippen molar-refractivity contribution in [3.05, 3.63) is 46.8 Å². The fraction of sp³-hybridized carbons (Fsp3) is 0.444. The molecule has 5 nitrogen and oxygen atoms in total. The van der Waals surface area contributed by atoms with Crippen LogP contribution in [0.5, 0.6) is 0 Å². The summed E-state index contributed by atoms with van der Waals surface area (Å²) < 4.78 is 16.2. The van der Waals surface area contributed by atoms with Gasteiger partial charge in [0.05, 0.1) is 11.8 Å². The zero-order chi connectivity index (χ0) is 16.1. The van der Waals surface area contributed by atoms with Crippen LogP contribution in [0.3, 0.4) is 0 Å². The number of carbonyl (C=O) groups excluding carboxylic acids is 2. The smallest absolute Gasteiger partial charge is 0.338 e. The summed E-state index contributed by atoms with van der Waals surface area (Å²) in [5.74, 6) is -0.238. The summed E-state index contributed by atoms with van der Waals surface area (Å²) in [5.41, 5.74) is 3.04. The van der Waals surface area contributed by atoms with Gasteiger partial charge in [-0.25, -0.2) is 9.59 Å². The molecule has 0 aromatic heterocycles. The Labute approximate surface area is 134 Å². The number of allylic oxidation sites excluding steroid dienone is 3. The molecule has 4 rings (SSSR count). The molecule has 0 N–H and O–H groups in total. The molecular weight excluding hydrogens is 296 g/mol. The molecular formula is C18H18O5. The number of hydrogen-bond acceptors (Lipinski definition) is 5. The summed E-state index contributed by atoms with van der Waals surface area (Å²) in [7, 11) is 0. The maximum Gasteiger partial charge on any atom is 0.338 e. The van der Waals surface area contributed by atoms with Gasteiger partial charge in [0.15, 0.2) is 0 Å². The molecule has 120 valence electrons. The molecule has 1 saturated heterocycles. The Morgan fingerprint density at radius 3 is 2.78 bits per heavy atom. The second kappa shape index (κ2) is 5.11. The van der Waals surface area contributed by atoms with Crippen molar-refractivity contribution >= 4 is 11.9 Å². The summed E-state index contributed by atoms with van der Waals surface area (Å²) in [5, 5.41) is 0. The van der Waals surface area contributed by atoms with E-state index >= 15 is 0 Å². The van der Waals surface area contributed by atoms with Crippen LogP contribution in [-0.4, -0.2) is 24.3 Å². The van der Waals surface area contributed by atoms with Crippen LogP contribution in [0.25, 0.3) is 0 Å². The van der Waals surface area contributed by atoms with Gasteiger partial charge >= 0.3 is 11.9 Å². The molecule has 2 aliphatic carbocycles. The Hall–Kier alpha value is -2.30. The predicted molar refractivity (Wildman–Crippen MR) is 80.7 cm³/mol. The second-order valence-electron chi connectivity index (χ2n) is 6.45. The predicted octanol–water partition coefficient (Wildman–Crippen LogP) is 2.55. The van der Waals surface area contributed by atoms with Crippen LogP contribution in [0.1, 0.15) is 26.7 Å². The van der Waals surface area contributed by atoms with Gasteiger partial charge in [0.25, 0.3) is 6.29 Å². The summed E-state index contributed by atoms with van der Waals surface area (Å²) in [6, 6.07) is 0. The highest BCUT2D eigenvalue weighted by Gasteiger charge is 2.50. The molecule has 1 saturated carbocycles. The summed E-state index contributed by atoms with van der Waals surface area (Å²) in [4.78, 5) is 23.7. The lowest BCUT2D eigenvalue weighted by atomic mass is 9.93. The topological polar surface area (TPSA) is 61.8 Å². The van der Waals surface area contributed by atoms with Crippen LogP contribution in [-0.2, 0) is 23.8 Å². The minimum atomic E-state index is -0.744. The van der Waals surface area contributed by atoms with Gasteiger partial charge in [0, 0.05) is 17.1 Å². The largest absolute Gasteiger partial charge is 0.458 e. The summed E-state index contributed by atoms with van der Waals surface area (Å²) in [6.45, 7) is 3.49. The number of hydrogen-bond donors (Lipinski definition) is 0. The zero-order valence-electron chi connectivity index (χ0n) is 13.1. The van der Waals surface area contributed by atoms with E-state index in [2.05, 4.69) is 12.2 Å². The van der Waals surface area contributed by atoms with Crippen LogP contribution >= 0.6 is 0 Å². The minimum Gasteiger partial charge on any atom is -0.458 e. The van der Waals surface area contributed by atoms with E-state index in [9.17, 15) is 9.59 Å². The molecule has 2 fully saturated rings. The van der Waals surface area contributed by atoms with Crippen molar-refractivity contribution in [2.45, 2.75) is 39.1 Å². The fourth-order valence-electron chi connectivity index (χ4n) is 3.70. The van der Waals surface area contributed by atoms with Crippen LogP contribution in [0.4, 0.5) is 0 Å². The number of esters is 2. The van der Waals surface area contributed by atoms with Gasteiger partial charge in [-0.1, -0.05) is 18.2 Å². The van der Waals surface area contributed by atoms with E-state index in [0.29, 0.717) is 17.1 Å². The molecule has 5 heteroatoms. The molecule has 4 atom stereocenters. The first-order valence-electron chi connectivity index (χ1n) is 7.87. The maximum absolute atomic E-state index is 12.1. The normalized spacial score (nSPS) is 36.8. The van der Waals surface area contributed by atoms with Gasteiger partial charge in [-0.3, -0.25) is 0 Å². The lowest BCUT2D eigenvalue weighted by Crippen LogP contribution is -2.14. The second-order valence-corrected chi connectivity index (χ2v) is 6.45. The Morgan fingerprint density at radius 1 is 1.22 bits per heavy atom. The Morgan fingerprint density at radius 2 is 2.04 bits per heavy atom. The lowest BCUT2D eigenvalue weighted by molar-refractivity contribution is -0.153. The first-order valence-corrected chi connectivity index (χ1v) is 7.87. The van der Waals surface area contributed by atoms with Crippen LogP contribution in [0.15, 0.2) is 46.8 Å². The van der Waals surface area contributed by atoms with E-state index < -0.39 is 6.29 Å². The molecule has 4 unspecified atom stereocenters. The van der Waals surface area contributed by atoms with Crippen molar-refractivity contribution in [1.29, 1.82) is 0 Å². The van der Waals surface area contributed by atoms with Crippen molar-refractivity contribution in [1.82, 2.24) is 0 Å². The van der Waals surface area contributed by atoms with Crippen molar-refractivity contribution in [3.8, 4) is 0 Å². The van der Waals surface area contributed by atoms with Crippen LogP contribution in [0, 0.1) is 11.8 Å². The van der Waals surface area contributed by atoms with Gasteiger partial charge in [0.1, 0.15) is 6.10 Å². The number of fused-ring (bicyclic) bond motifs is 3. The van der Waals surface area contributed by atoms with E-state index in [1.807, 2.05) is 6.08 Å². The standard InChI is InChI=1S/C18H18O5/c1-9-10(2)18(23-16(9)19)21-8-14-13-7-11-5-3-4-6-12(11)15(13)22-17(14)20/h3-4,6,8,11,13,15,18H,5,7H2,1-2H3. The van der Waals surface area contributed by atoms with Crippen molar-refractivity contribution in [2.24, 2.45) is 11.8 Å². The average molecular weight is 314 g/mol. The molecule has 0 bridgehead atoms. The quantitative estimate of drug-likeness (QED) is 0.445. The highest BCUT2D eigenvalue weighted by atomic mass is 16.7. The molecule has 0 radical (unpaired) electrons. The first kappa shape index (κ1) is 14.3. The first-order chi connectivity index (χ1) is 11.1. The molecule has 2 heterocycles. The van der Waals surface area contributed by atoms with E-state index in [0.717, 1.165) is 18.4 Å². The van der Waals surface area contributed by atoms with E-state index in [-0.39, 0.29) is 24.0 Å². The molecule has 23 heavy (non-hydrogen) atoms. The SMILES string of the molecule is CC1=C(C)C(OC=C2C(=O)OC3C4=CC=CCC4CC23)OC1=O. The average Bonchev–Trinajstić information content (AvgIpc) is 3.12. The number of cyclic esters (lactones) is 1. The molecule has 0 aromatic carbocycles. The van der Waals surface area contributed by atoms with Gasteiger partial charge in [0.2, 0.25) is 0 Å². The van der Waals surface area contributed by atoms with Gasteiger partial charge in [-0.15, -0.1) is 0 Å². The zero-order valence-corrected chi connectivity index (χ0v) is 13.1. The molecule has 0 aromatic rings. The van der Waals surface area contributed by atoms with E-state index in [4.69, 9.17) is 14.2 Å². The summed E-state index contributed by atoms with van der Waals surface area (Å²) in [6.07, 6.45) is 8.62. The number of ether oxygens (including phenoxy) is 3. The maximum atomic E-state index is 12.1. The Balaban J connectivity index is 1.54. The van der Waals surface area contributed by atoms with Gasteiger partial charge < -0.3 is 14.2 Å². The van der Waals surface area contributed by atoms with Gasteiger partial charge in [-0.2, -0.15) is 0 Å². The third kappa shape index (κ3) is 2.14. The number of carbonyl (C=O) groups is 2. The van der Waals surface area contributed by atoms with Crippen LogP contribution in [0.2, 0.25) is 0 Å². The molecule has 0 spiro atoms. The minimum absolute atomic E-state index is 0.0288. The van der Waals surface area contributed by atoms with Gasteiger partial charge in [-0.05, 0) is 38.2 Å². The Bertz CT molecular complexity index is 709. The molecule has 4 aliphatic rings. The monoisotopic (exact) mass is 314 g/mol. The summed E-state index contributed by atoms with van der Waals surface area (Å²) >= 11 is 0. The van der Waals surface area contributed by atoms with Crippen molar-refractivity contribution in [2.75, 3.05) is 0 Å². The lowest BCUT2D eigenvalue weighted by Gasteiger charge is -2.16. The van der Waals surface area contributed by atoms with Crippen molar-refractivity contribution < 1.29 is 23.8 Å². The third-order valence-electron chi connectivity index (χ3n) is 5.20. The number of rotatable bonds is 2. The van der Waals surface area contributed by atoms with E-state index in [1.54, 1.807) is 13.8 Å². The highest BCUT2D eigenvalue weighted by Crippen LogP contribution is 2.49. The third-order valence-corrected chi connectivity index (χ3v) is 5.20. The Kier molecular flexibility index (Phi) is 3.18. The molecule has 0 amide bonds.